The van der Waals surface area contributed by atoms with E-state index >= 15 is 0 Å². The molecule has 0 amide bonds. The third kappa shape index (κ3) is 5.02. The van der Waals surface area contributed by atoms with Gasteiger partial charge in [0.15, 0.2) is 0 Å². The molecular formula is C22H25NO5S2. The van der Waals surface area contributed by atoms with E-state index < -0.39 is 28.2 Å². The van der Waals surface area contributed by atoms with Crippen LogP contribution in [0.3, 0.4) is 0 Å². The van der Waals surface area contributed by atoms with Crippen molar-refractivity contribution in [2.75, 3.05) is 6.61 Å². The molecule has 3 rings (SSSR count). The van der Waals surface area contributed by atoms with E-state index in [1.54, 1.807) is 55.6 Å². The lowest BCUT2D eigenvalue weighted by molar-refractivity contribution is 0.0733. The van der Waals surface area contributed by atoms with Gasteiger partial charge >= 0.3 is 0 Å². The summed E-state index contributed by atoms with van der Waals surface area (Å²) in [4.78, 5) is 0. The molecule has 0 bridgehead atoms. The lowest BCUT2D eigenvalue weighted by atomic mass is 10.0. The third-order valence-electron chi connectivity index (χ3n) is 4.79. The fraction of sp³-hybridized carbons (Fsp3) is 0.273. The fourth-order valence-electron chi connectivity index (χ4n) is 3.27. The summed E-state index contributed by atoms with van der Waals surface area (Å²) in [5.74, 6) is 0.718. The van der Waals surface area contributed by atoms with E-state index in [0.29, 0.717) is 11.3 Å². The normalized spacial score (nSPS) is 14.9. The van der Waals surface area contributed by atoms with E-state index in [0.717, 1.165) is 11.3 Å². The fourth-order valence-corrected chi connectivity index (χ4v) is 6.17. The number of hydrogen-bond acceptors (Lipinski definition) is 6. The van der Waals surface area contributed by atoms with Gasteiger partial charge in [-0.25, -0.2) is 8.42 Å². The van der Waals surface area contributed by atoms with Gasteiger partial charge in [-0.3, -0.25) is 0 Å². The molecule has 0 spiro atoms. The first-order valence-electron chi connectivity index (χ1n) is 9.52. The van der Waals surface area contributed by atoms with Crippen molar-refractivity contribution < 1.29 is 23.4 Å². The number of rotatable bonds is 9. The molecule has 30 heavy (non-hydrogen) atoms. The molecule has 0 fully saturated rings. The van der Waals surface area contributed by atoms with Gasteiger partial charge in [-0.15, -0.1) is 11.3 Å². The summed E-state index contributed by atoms with van der Waals surface area (Å²) in [5, 5.41) is 22.1. The van der Waals surface area contributed by atoms with Crippen LogP contribution in [0.25, 0.3) is 0 Å². The number of ether oxygens (including phenoxy) is 1. The highest BCUT2D eigenvalue weighted by Crippen LogP contribution is 2.31. The van der Waals surface area contributed by atoms with Gasteiger partial charge in [-0.2, -0.15) is 4.31 Å². The van der Waals surface area contributed by atoms with E-state index in [2.05, 4.69) is 0 Å². The molecule has 0 aliphatic rings. The molecule has 1 aromatic heterocycles. The Balaban J connectivity index is 1.89. The molecule has 2 N–H and O–H groups in total. The second-order valence-corrected chi connectivity index (χ2v) is 10.0. The monoisotopic (exact) mass is 447 g/mol. The Morgan fingerprint density at radius 2 is 1.67 bits per heavy atom. The van der Waals surface area contributed by atoms with Gasteiger partial charge in [-0.1, -0.05) is 36.4 Å². The summed E-state index contributed by atoms with van der Waals surface area (Å²) in [6, 6.07) is 17.2. The Kier molecular flexibility index (Phi) is 7.14. The van der Waals surface area contributed by atoms with Crippen molar-refractivity contribution in [2.45, 2.75) is 36.2 Å². The van der Waals surface area contributed by atoms with Crippen LogP contribution in [0, 0.1) is 0 Å². The molecule has 3 aromatic rings. The van der Waals surface area contributed by atoms with Gasteiger partial charge in [0.1, 0.15) is 22.3 Å². The van der Waals surface area contributed by atoms with Crippen LogP contribution in [0.4, 0.5) is 0 Å². The molecule has 160 valence electrons. The van der Waals surface area contributed by atoms with Gasteiger partial charge in [-0.05, 0) is 55.1 Å². The molecule has 1 heterocycles. The zero-order valence-corrected chi connectivity index (χ0v) is 18.4. The first-order chi connectivity index (χ1) is 14.3. The van der Waals surface area contributed by atoms with Crippen LogP contribution in [0.15, 0.2) is 76.3 Å². The van der Waals surface area contributed by atoms with Crippen molar-refractivity contribution in [3.05, 3.63) is 77.7 Å². The van der Waals surface area contributed by atoms with E-state index in [1.165, 1.54) is 16.4 Å². The molecule has 0 saturated heterocycles. The number of sulfonamides is 1. The van der Waals surface area contributed by atoms with E-state index in [1.807, 2.05) is 18.2 Å². The number of nitrogens with zero attached hydrogens (tertiary/aromatic N) is 1. The highest BCUT2D eigenvalue weighted by molar-refractivity contribution is 7.91. The molecular weight excluding hydrogens is 422 g/mol. The average Bonchev–Trinajstić information content (AvgIpc) is 3.29. The molecule has 0 saturated carbocycles. The van der Waals surface area contributed by atoms with Crippen LogP contribution in [-0.2, 0) is 10.0 Å². The summed E-state index contributed by atoms with van der Waals surface area (Å²) in [5.41, 5.74) is 0.517. The largest absolute Gasteiger partial charge is 0.508 e. The number of phenols is 1. The smallest absolute Gasteiger partial charge is 0.253 e. The van der Waals surface area contributed by atoms with E-state index in [-0.39, 0.29) is 16.6 Å². The maximum Gasteiger partial charge on any atom is 0.253 e. The lowest BCUT2D eigenvalue weighted by Gasteiger charge is -2.35. The second kappa shape index (κ2) is 9.61. The summed E-state index contributed by atoms with van der Waals surface area (Å²) in [6.07, 6.45) is -1.08. The van der Waals surface area contributed by atoms with Gasteiger partial charge in [0.05, 0.1) is 18.2 Å². The van der Waals surface area contributed by atoms with Crippen molar-refractivity contribution in [3.63, 3.8) is 0 Å². The second-order valence-electron chi connectivity index (χ2n) is 7.02. The molecule has 0 aliphatic carbocycles. The maximum atomic E-state index is 13.4. The molecule has 3 unspecified atom stereocenters. The summed E-state index contributed by atoms with van der Waals surface area (Å²) < 4.78 is 34.1. The Hall–Kier alpha value is -2.39. The number of thiophene rings is 1. The van der Waals surface area contributed by atoms with Crippen molar-refractivity contribution >= 4 is 21.4 Å². The highest BCUT2D eigenvalue weighted by atomic mass is 32.2. The SMILES string of the molecule is CC(COc1ccccc1)N(C(C)C(O)c1ccc(O)cc1)S(=O)(=O)c1cccs1. The number of benzene rings is 2. The summed E-state index contributed by atoms with van der Waals surface area (Å²) in [6.45, 7) is 3.55. The summed E-state index contributed by atoms with van der Waals surface area (Å²) in [7, 11) is -3.86. The van der Waals surface area contributed by atoms with Crippen molar-refractivity contribution in [3.8, 4) is 11.5 Å². The molecule has 8 heteroatoms. The Morgan fingerprint density at radius 1 is 1.00 bits per heavy atom. The van der Waals surface area contributed by atoms with Crippen LogP contribution in [0.2, 0.25) is 0 Å². The summed E-state index contributed by atoms with van der Waals surface area (Å²) >= 11 is 1.13. The number of phenolic OH excluding ortho intramolecular Hbond substituents is 1. The standard InChI is InChI=1S/C22H25NO5S2/c1-16(15-28-20-7-4-3-5-8-20)23(30(26,27)21-9-6-14-29-21)17(2)22(25)18-10-12-19(24)13-11-18/h3-14,16-17,22,24-25H,15H2,1-2H3. The van der Waals surface area contributed by atoms with Gasteiger partial charge in [0, 0.05) is 0 Å². The van der Waals surface area contributed by atoms with Crippen LogP contribution >= 0.6 is 11.3 Å². The van der Waals surface area contributed by atoms with Crippen LogP contribution in [0.1, 0.15) is 25.5 Å². The molecule has 0 aliphatic heterocycles. The van der Waals surface area contributed by atoms with Gasteiger partial charge in [0.2, 0.25) is 0 Å². The highest BCUT2D eigenvalue weighted by Gasteiger charge is 2.38. The maximum absolute atomic E-state index is 13.4. The number of aliphatic hydroxyl groups excluding tert-OH is 1. The third-order valence-corrected chi connectivity index (χ3v) is 8.26. The Bertz CT molecular complexity index is 1020. The van der Waals surface area contributed by atoms with Gasteiger partial charge in [0.25, 0.3) is 10.0 Å². The van der Waals surface area contributed by atoms with Crippen molar-refractivity contribution in [2.24, 2.45) is 0 Å². The number of aromatic hydroxyl groups is 1. The predicted octanol–water partition coefficient (Wildman–Crippen LogP) is 4.03. The zero-order chi connectivity index (χ0) is 21.7. The molecule has 0 radical (unpaired) electrons. The minimum atomic E-state index is -3.86. The van der Waals surface area contributed by atoms with Crippen molar-refractivity contribution in [1.82, 2.24) is 4.31 Å². The predicted molar refractivity (Wildman–Crippen MR) is 117 cm³/mol. The van der Waals surface area contributed by atoms with E-state index in [4.69, 9.17) is 4.74 Å². The zero-order valence-electron chi connectivity index (χ0n) is 16.8. The minimum absolute atomic E-state index is 0.0753. The van der Waals surface area contributed by atoms with Crippen LogP contribution in [-0.4, -0.2) is 41.6 Å². The molecule has 3 atom stereocenters. The quantitative estimate of drug-likeness (QED) is 0.517. The average molecular weight is 448 g/mol. The number of aliphatic hydroxyl groups is 1. The topological polar surface area (TPSA) is 87.1 Å². The molecule has 2 aromatic carbocycles. The lowest BCUT2D eigenvalue weighted by Crippen LogP contribution is -2.49. The van der Waals surface area contributed by atoms with Crippen LogP contribution in [0.5, 0.6) is 11.5 Å². The first-order valence-corrected chi connectivity index (χ1v) is 11.8. The van der Waals surface area contributed by atoms with Crippen molar-refractivity contribution in [1.29, 1.82) is 0 Å². The van der Waals surface area contributed by atoms with Crippen LogP contribution < -0.4 is 4.74 Å². The van der Waals surface area contributed by atoms with Gasteiger partial charge < -0.3 is 14.9 Å². The number of hydrogen-bond donors (Lipinski definition) is 2. The molecule has 6 nitrogen and oxygen atoms in total. The first kappa shape index (κ1) is 22.3. The Labute approximate surface area is 181 Å². The van der Waals surface area contributed by atoms with E-state index in [9.17, 15) is 18.6 Å². The minimum Gasteiger partial charge on any atom is -0.508 e. The number of para-hydroxylation sites is 1. The Morgan fingerprint density at radius 3 is 2.27 bits per heavy atom.